The molecule has 0 amide bonds. The first kappa shape index (κ1) is 14.0. The molecule has 0 saturated heterocycles. The van der Waals surface area contributed by atoms with Crippen molar-refractivity contribution in [2.24, 2.45) is 4.99 Å². The van der Waals surface area contributed by atoms with Crippen LogP contribution in [-0.2, 0) is 0 Å². The summed E-state index contributed by atoms with van der Waals surface area (Å²) in [6.07, 6.45) is 1.72. The summed E-state index contributed by atoms with van der Waals surface area (Å²) in [7, 11) is 1.70. The van der Waals surface area contributed by atoms with Crippen LogP contribution in [0.1, 0.15) is 23.5 Å². The van der Waals surface area contributed by atoms with E-state index in [9.17, 15) is 4.39 Å². The molecule has 100 valence electrons. The molecule has 1 aromatic heterocycles. The number of nitrogens with one attached hydrogen (secondary N) is 1. The molecule has 6 heteroatoms. The van der Waals surface area contributed by atoms with Gasteiger partial charge in [-0.1, -0.05) is 17.7 Å². The number of hydrogen-bond acceptors (Lipinski definition) is 3. The Morgan fingerprint density at radius 2 is 2.32 bits per heavy atom. The van der Waals surface area contributed by atoms with Crippen molar-refractivity contribution in [2.45, 2.75) is 13.0 Å². The lowest BCUT2D eigenvalue weighted by atomic mass is 10.1. The number of benzene rings is 1. The summed E-state index contributed by atoms with van der Waals surface area (Å²) in [5.74, 6) is 0.355. The maximum atomic E-state index is 13.0. The molecule has 1 atom stereocenters. The first-order valence-corrected chi connectivity index (χ1v) is 6.95. The van der Waals surface area contributed by atoms with Crippen LogP contribution in [0.4, 0.5) is 4.39 Å². The van der Waals surface area contributed by atoms with E-state index < -0.39 is 0 Å². The van der Waals surface area contributed by atoms with Crippen LogP contribution in [0.25, 0.3) is 0 Å². The molecule has 0 spiro atoms. The Morgan fingerprint density at radius 1 is 1.53 bits per heavy atom. The first-order valence-electron chi connectivity index (χ1n) is 5.70. The normalized spacial score (nSPS) is 13.4. The number of thiazole rings is 1. The van der Waals surface area contributed by atoms with Crippen molar-refractivity contribution in [2.75, 3.05) is 7.05 Å². The summed E-state index contributed by atoms with van der Waals surface area (Å²) in [6.45, 7) is 1.94. The predicted octanol–water partition coefficient (Wildman–Crippen LogP) is 3.66. The van der Waals surface area contributed by atoms with Crippen LogP contribution in [0.15, 0.2) is 34.8 Å². The molecule has 0 aliphatic heterocycles. The predicted molar refractivity (Wildman–Crippen MR) is 77.5 cm³/mol. The zero-order valence-electron chi connectivity index (χ0n) is 10.5. The van der Waals surface area contributed by atoms with Crippen molar-refractivity contribution >= 4 is 28.8 Å². The van der Waals surface area contributed by atoms with Crippen molar-refractivity contribution < 1.29 is 4.39 Å². The fourth-order valence-electron chi connectivity index (χ4n) is 1.70. The molecular weight excluding hydrogens is 285 g/mol. The lowest BCUT2D eigenvalue weighted by Crippen LogP contribution is -2.27. The second-order valence-corrected chi connectivity index (χ2v) is 5.24. The third-order valence-corrected chi connectivity index (χ3v) is 3.75. The molecule has 19 heavy (non-hydrogen) atoms. The average molecular weight is 298 g/mol. The topological polar surface area (TPSA) is 37.3 Å². The molecule has 0 aliphatic rings. The SMILES string of the molecule is CN=C(NC(C)c1ccc(F)cc1Cl)c1nccs1. The van der Waals surface area contributed by atoms with E-state index in [2.05, 4.69) is 15.3 Å². The molecule has 0 bridgehead atoms. The second-order valence-electron chi connectivity index (χ2n) is 3.94. The van der Waals surface area contributed by atoms with Crippen molar-refractivity contribution in [3.05, 3.63) is 51.2 Å². The zero-order chi connectivity index (χ0) is 13.8. The van der Waals surface area contributed by atoms with Gasteiger partial charge in [-0.15, -0.1) is 11.3 Å². The molecule has 2 rings (SSSR count). The second kappa shape index (κ2) is 6.12. The Labute approximate surface area is 120 Å². The fourth-order valence-corrected chi connectivity index (χ4v) is 2.66. The van der Waals surface area contributed by atoms with E-state index in [-0.39, 0.29) is 11.9 Å². The van der Waals surface area contributed by atoms with Crippen molar-refractivity contribution in [3.63, 3.8) is 0 Å². The van der Waals surface area contributed by atoms with Gasteiger partial charge >= 0.3 is 0 Å². The van der Waals surface area contributed by atoms with Gasteiger partial charge in [0.25, 0.3) is 0 Å². The minimum absolute atomic E-state index is 0.0873. The van der Waals surface area contributed by atoms with Crippen LogP contribution in [0.3, 0.4) is 0 Å². The Morgan fingerprint density at radius 3 is 2.89 bits per heavy atom. The average Bonchev–Trinajstić information content (AvgIpc) is 2.89. The third kappa shape index (κ3) is 3.30. The van der Waals surface area contributed by atoms with Crippen LogP contribution in [-0.4, -0.2) is 17.9 Å². The first-order chi connectivity index (χ1) is 9.11. The van der Waals surface area contributed by atoms with Crippen molar-refractivity contribution in [3.8, 4) is 0 Å². The van der Waals surface area contributed by atoms with Gasteiger partial charge in [-0.2, -0.15) is 0 Å². The zero-order valence-corrected chi connectivity index (χ0v) is 12.1. The number of amidine groups is 1. The summed E-state index contributed by atoms with van der Waals surface area (Å²) in [4.78, 5) is 8.38. The smallest absolute Gasteiger partial charge is 0.158 e. The van der Waals surface area contributed by atoms with Gasteiger partial charge in [0.15, 0.2) is 10.8 Å². The lowest BCUT2D eigenvalue weighted by molar-refractivity contribution is 0.624. The van der Waals surface area contributed by atoms with Gasteiger partial charge in [0, 0.05) is 23.6 Å². The highest BCUT2D eigenvalue weighted by molar-refractivity contribution is 7.11. The van der Waals surface area contributed by atoms with E-state index in [0.29, 0.717) is 10.9 Å². The van der Waals surface area contributed by atoms with Gasteiger partial charge in [0.1, 0.15) is 5.82 Å². The fraction of sp³-hybridized carbons (Fsp3) is 0.231. The van der Waals surface area contributed by atoms with E-state index in [1.54, 1.807) is 19.3 Å². The van der Waals surface area contributed by atoms with Crippen molar-refractivity contribution in [1.29, 1.82) is 0 Å². The summed E-state index contributed by atoms with van der Waals surface area (Å²) in [5, 5.41) is 6.33. The number of aromatic nitrogens is 1. The van der Waals surface area contributed by atoms with Crippen molar-refractivity contribution in [1.82, 2.24) is 10.3 Å². The van der Waals surface area contributed by atoms with Crippen LogP contribution < -0.4 is 5.32 Å². The molecule has 2 aromatic rings. The number of halogens is 2. The standard InChI is InChI=1S/C13H13ClFN3S/c1-8(10-4-3-9(15)7-11(10)14)18-12(16-2)13-17-5-6-19-13/h3-8H,1-2H3,(H,16,18). The van der Waals surface area contributed by atoms with Gasteiger partial charge in [-0.3, -0.25) is 4.99 Å². The van der Waals surface area contributed by atoms with E-state index in [4.69, 9.17) is 11.6 Å². The molecule has 1 N–H and O–H groups in total. The van der Waals surface area contributed by atoms with Gasteiger partial charge < -0.3 is 5.32 Å². The lowest BCUT2D eigenvalue weighted by Gasteiger charge is -2.17. The molecule has 0 radical (unpaired) electrons. The minimum atomic E-state index is -0.342. The van der Waals surface area contributed by atoms with Gasteiger partial charge in [0.05, 0.1) is 6.04 Å². The molecule has 0 fully saturated rings. The quantitative estimate of drug-likeness (QED) is 0.693. The van der Waals surface area contributed by atoms with Crippen LogP contribution >= 0.6 is 22.9 Å². The van der Waals surface area contributed by atoms with E-state index >= 15 is 0 Å². The molecule has 1 unspecified atom stereocenters. The summed E-state index contributed by atoms with van der Waals surface area (Å²) in [6, 6.07) is 4.28. The number of hydrogen-bond donors (Lipinski definition) is 1. The van der Waals surface area contributed by atoms with E-state index in [0.717, 1.165) is 10.6 Å². The van der Waals surface area contributed by atoms with Crippen LogP contribution in [0, 0.1) is 5.82 Å². The highest BCUT2D eigenvalue weighted by Crippen LogP contribution is 2.24. The monoisotopic (exact) mass is 297 g/mol. The highest BCUT2D eigenvalue weighted by Gasteiger charge is 2.14. The Hall–Kier alpha value is -1.46. The Bertz CT molecular complexity index is 584. The maximum absolute atomic E-state index is 13.0. The van der Waals surface area contributed by atoms with Crippen LogP contribution in [0.5, 0.6) is 0 Å². The Kier molecular flexibility index (Phi) is 4.50. The van der Waals surface area contributed by atoms with Gasteiger partial charge in [-0.05, 0) is 24.6 Å². The third-order valence-electron chi connectivity index (χ3n) is 2.64. The van der Waals surface area contributed by atoms with Crippen LogP contribution in [0.2, 0.25) is 5.02 Å². The van der Waals surface area contributed by atoms with Gasteiger partial charge in [0.2, 0.25) is 0 Å². The molecule has 1 heterocycles. The molecule has 1 aromatic carbocycles. The summed E-state index contributed by atoms with van der Waals surface area (Å²) in [5.41, 5.74) is 0.820. The number of nitrogens with zero attached hydrogens (tertiary/aromatic N) is 2. The van der Waals surface area contributed by atoms with Gasteiger partial charge in [-0.25, -0.2) is 9.37 Å². The summed E-state index contributed by atoms with van der Waals surface area (Å²) >= 11 is 7.55. The summed E-state index contributed by atoms with van der Waals surface area (Å²) < 4.78 is 13.0. The highest BCUT2D eigenvalue weighted by atomic mass is 35.5. The molecule has 0 aliphatic carbocycles. The Balaban J connectivity index is 2.18. The minimum Gasteiger partial charge on any atom is -0.361 e. The molecular formula is C13H13ClFN3S. The maximum Gasteiger partial charge on any atom is 0.158 e. The van der Waals surface area contributed by atoms with E-state index in [1.807, 2.05) is 12.3 Å². The molecule has 0 saturated carbocycles. The number of rotatable bonds is 3. The van der Waals surface area contributed by atoms with E-state index in [1.165, 1.54) is 23.5 Å². The molecule has 3 nitrogen and oxygen atoms in total. The number of aliphatic imine (C=N–C) groups is 1. The largest absolute Gasteiger partial charge is 0.361 e.